The lowest BCUT2D eigenvalue weighted by molar-refractivity contribution is 0.0955. The van der Waals surface area contributed by atoms with Crippen molar-refractivity contribution in [1.82, 2.24) is 34.7 Å². The van der Waals surface area contributed by atoms with Crippen molar-refractivity contribution in [2.75, 3.05) is 24.5 Å². The first-order valence-electron chi connectivity index (χ1n) is 8.22. The van der Waals surface area contributed by atoms with Crippen molar-refractivity contribution in [2.24, 2.45) is 0 Å². The zero-order valence-corrected chi connectivity index (χ0v) is 14.7. The number of carbonyl (C=O) groups excluding carboxylic acids is 1. The fourth-order valence-electron chi connectivity index (χ4n) is 3.02. The van der Waals surface area contributed by atoms with Gasteiger partial charge in [-0.25, -0.2) is 14.6 Å². The molecule has 0 aromatic carbocycles. The van der Waals surface area contributed by atoms with Crippen LogP contribution in [-0.2, 0) is 6.54 Å². The lowest BCUT2D eigenvalue weighted by atomic mass is 10.3. The third-order valence-corrected chi connectivity index (χ3v) is 5.11. The van der Waals surface area contributed by atoms with Crippen LogP contribution in [0.25, 0.3) is 11.0 Å². The molecule has 4 rings (SSSR count). The fourth-order valence-corrected chi connectivity index (χ4v) is 3.59. The van der Waals surface area contributed by atoms with Crippen molar-refractivity contribution in [3.05, 3.63) is 23.1 Å². The second-order valence-corrected chi connectivity index (χ2v) is 6.69. The van der Waals surface area contributed by atoms with Gasteiger partial charge < -0.3 is 10.2 Å². The van der Waals surface area contributed by atoms with Crippen LogP contribution >= 0.6 is 11.5 Å². The molecule has 0 saturated carbocycles. The molecule has 1 aliphatic rings. The van der Waals surface area contributed by atoms with E-state index in [1.807, 2.05) is 6.20 Å². The lowest BCUT2D eigenvalue weighted by Gasteiger charge is -2.16. The number of nitrogens with zero attached hydrogens (tertiary/aromatic N) is 7. The Morgan fingerprint density at radius 2 is 2.16 bits per heavy atom. The SMILES string of the molecule is Cc1nnsc1C(=O)NCCn1ncc2c(N3CCCC3)ncnc21. The molecule has 0 spiro atoms. The Labute approximate surface area is 148 Å². The van der Waals surface area contributed by atoms with Crippen LogP contribution in [0, 0.1) is 6.92 Å². The zero-order valence-electron chi connectivity index (χ0n) is 13.8. The Kier molecular flexibility index (Phi) is 4.26. The molecule has 9 nitrogen and oxygen atoms in total. The summed E-state index contributed by atoms with van der Waals surface area (Å²) in [4.78, 5) is 23.7. The van der Waals surface area contributed by atoms with E-state index < -0.39 is 0 Å². The standard InChI is InChI=1S/C15H18N8OS/c1-10-12(25-21-20-10)15(24)16-4-7-23-14-11(8-19-23)13(17-9-18-14)22-5-2-3-6-22/h8-9H,2-7H2,1H3,(H,16,24). The highest BCUT2D eigenvalue weighted by molar-refractivity contribution is 7.07. The number of hydrogen-bond donors (Lipinski definition) is 1. The van der Waals surface area contributed by atoms with Crippen molar-refractivity contribution < 1.29 is 4.79 Å². The van der Waals surface area contributed by atoms with Crippen LogP contribution < -0.4 is 10.2 Å². The first kappa shape index (κ1) is 15.9. The van der Waals surface area contributed by atoms with Gasteiger partial charge in [0.25, 0.3) is 5.91 Å². The number of rotatable bonds is 5. The van der Waals surface area contributed by atoms with E-state index in [1.54, 1.807) is 17.9 Å². The summed E-state index contributed by atoms with van der Waals surface area (Å²) in [6, 6.07) is 0. The Hall–Kier alpha value is -2.62. The molecule has 0 atom stereocenters. The minimum atomic E-state index is -0.156. The number of amides is 1. The van der Waals surface area contributed by atoms with Crippen molar-refractivity contribution in [2.45, 2.75) is 26.3 Å². The Morgan fingerprint density at radius 3 is 2.92 bits per heavy atom. The van der Waals surface area contributed by atoms with Crippen molar-refractivity contribution in [3.8, 4) is 0 Å². The molecular weight excluding hydrogens is 340 g/mol. The van der Waals surface area contributed by atoms with Gasteiger partial charge in [-0.05, 0) is 31.3 Å². The molecular formula is C15H18N8OS. The summed E-state index contributed by atoms with van der Waals surface area (Å²) in [7, 11) is 0. The van der Waals surface area contributed by atoms with E-state index in [9.17, 15) is 4.79 Å². The van der Waals surface area contributed by atoms with Gasteiger partial charge in [-0.2, -0.15) is 5.10 Å². The molecule has 3 aromatic heterocycles. The molecule has 0 radical (unpaired) electrons. The molecule has 1 fully saturated rings. The lowest BCUT2D eigenvalue weighted by Crippen LogP contribution is -2.27. The molecule has 1 N–H and O–H groups in total. The normalized spacial score (nSPS) is 14.4. The molecule has 1 saturated heterocycles. The second-order valence-electron chi connectivity index (χ2n) is 5.94. The highest BCUT2D eigenvalue weighted by Gasteiger charge is 2.19. The maximum Gasteiger partial charge on any atom is 0.265 e. The highest BCUT2D eigenvalue weighted by Crippen LogP contribution is 2.25. The van der Waals surface area contributed by atoms with E-state index in [0.717, 1.165) is 41.5 Å². The van der Waals surface area contributed by atoms with Crippen LogP contribution in [0.15, 0.2) is 12.5 Å². The van der Waals surface area contributed by atoms with Gasteiger partial charge in [0.2, 0.25) is 0 Å². The fraction of sp³-hybridized carbons (Fsp3) is 0.467. The van der Waals surface area contributed by atoms with Crippen LogP contribution in [0.2, 0.25) is 0 Å². The third-order valence-electron chi connectivity index (χ3n) is 4.29. The minimum absolute atomic E-state index is 0.156. The quantitative estimate of drug-likeness (QED) is 0.726. The highest BCUT2D eigenvalue weighted by atomic mass is 32.1. The molecule has 3 aromatic rings. The van der Waals surface area contributed by atoms with Crippen LogP contribution in [0.3, 0.4) is 0 Å². The zero-order chi connectivity index (χ0) is 17.2. The largest absolute Gasteiger partial charge is 0.356 e. The van der Waals surface area contributed by atoms with E-state index in [1.165, 1.54) is 12.8 Å². The second kappa shape index (κ2) is 6.71. The third kappa shape index (κ3) is 3.04. The number of hydrogen-bond acceptors (Lipinski definition) is 8. The number of nitrogens with one attached hydrogen (secondary N) is 1. The summed E-state index contributed by atoms with van der Waals surface area (Å²) in [5.41, 5.74) is 1.44. The number of carbonyl (C=O) groups is 1. The van der Waals surface area contributed by atoms with Gasteiger partial charge in [0.1, 0.15) is 17.0 Å². The minimum Gasteiger partial charge on any atom is -0.356 e. The van der Waals surface area contributed by atoms with Crippen molar-refractivity contribution in [3.63, 3.8) is 0 Å². The number of fused-ring (bicyclic) bond motifs is 1. The van der Waals surface area contributed by atoms with Gasteiger partial charge in [-0.3, -0.25) is 4.79 Å². The summed E-state index contributed by atoms with van der Waals surface area (Å²) in [5.74, 6) is 0.792. The maximum absolute atomic E-state index is 12.1. The monoisotopic (exact) mass is 358 g/mol. The Balaban J connectivity index is 1.46. The molecule has 130 valence electrons. The first-order valence-corrected chi connectivity index (χ1v) is 9.00. The van der Waals surface area contributed by atoms with Gasteiger partial charge in [0.15, 0.2) is 5.65 Å². The number of anilines is 1. The average Bonchev–Trinajstić information content (AvgIpc) is 3.35. The van der Waals surface area contributed by atoms with E-state index in [2.05, 4.69) is 34.9 Å². The smallest absolute Gasteiger partial charge is 0.265 e. The van der Waals surface area contributed by atoms with E-state index >= 15 is 0 Å². The molecule has 10 heteroatoms. The van der Waals surface area contributed by atoms with Gasteiger partial charge in [-0.1, -0.05) is 4.49 Å². The Morgan fingerprint density at radius 1 is 1.32 bits per heavy atom. The first-order chi connectivity index (χ1) is 12.2. The van der Waals surface area contributed by atoms with E-state index in [4.69, 9.17) is 0 Å². The maximum atomic E-state index is 12.1. The molecule has 1 amide bonds. The molecule has 0 bridgehead atoms. The molecule has 25 heavy (non-hydrogen) atoms. The molecule has 0 unspecified atom stereocenters. The van der Waals surface area contributed by atoms with Crippen LogP contribution in [-0.4, -0.2) is 54.9 Å². The average molecular weight is 358 g/mol. The summed E-state index contributed by atoms with van der Waals surface area (Å²) in [6.45, 7) is 4.81. The summed E-state index contributed by atoms with van der Waals surface area (Å²) in [6.07, 6.45) is 5.77. The molecule has 4 heterocycles. The number of aromatic nitrogens is 6. The van der Waals surface area contributed by atoms with Crippen LogP contribution in [0.5, 0.6) is 0 Å². The van der Waals surface area contributed by atoms with Crippen LogP contribution in [0.1, 0.15) is 28.2 Å². The molecule has 1 aliphatic heterocycles. The van der Waals surface area contributed by atoms with Crippen LogP contribution in [0.4, 0.5) is 5.82 Å². The predicted molar refractivity (Wildman–Crippen MR) is 93.7 cm³/mol. The predicted octanol–water partition coefficient (Wildman–Crippen LogP) is 1.02. The van der Waals surface area contributed by atoms with Gasteiger partial charge >= 0.3 is 0 Å². The van der Waals surface area contributed by atoms with Crippen molar-refractivity contribution in [1.29, 1.82) is 0 Å². The van der Waals surface area contributed by atoms with Gasteiger partial charge in [0.05, 0.1) is 23.8 Å². The van der Waals surface area contributed by atoms with E-state index in [-0.39, 0.29) is 5.91 Å². The van der Waals surface area contributed by atoms with E-state index in [0.29, 0.717) is 23.7 Å². The molecule has 0 aliphatic carbocycles. The summed E-state index contributed by atoms with van der Waals surface area (Å²) >= 11 is 1.10. The van der Waals surface area contributed by atoms with Gasteiger partial charge in [0, 0.05) is 19.6 Å². The number of aryl methyl sites for hydroxylation is 1. The van der Waals surface area contributed by atoms with Gasteiger partial charge in [-0.15, -0.1) is 5.10 Å². The Bertz CT molecular complexity index is 898. The topological polar surface area (TPSA) is 102 Å². The summed E-state index contributed by atoms with van der Waals surface area (Å²) < 4.78 is 5.58. The van der Waals surface area contributed by atoms with Crippen molar-refractivity contribution >= 4 is 34.3 Å². The summed E-state index contributed by atoms with van der Waals surface area (Å²) in [5, 5.41) is 12.1.